The molecule has 2 heterocycles. The van der Waals surface area contributed by atoms with Crippen LogP contribution in [-0.2, 0) is 0 Å². The van der Waals surface area contributed by atoms with Gasteiger partial charge in [0.2, 0.25) is 0 Å². The van der Waals surface area contributed by atoms with Gasteiger partial charge in [0, 0.05) is 16.9 Å². The van der Waals surface area contributed by atoms with Crippen LogP contribution in [0.5, 0.6) is 5.75 Å². The van der Waals surface area contributed by atoms with E-state index in [0.29, 0.717) is 11.7 Å². The second-order valence-corrected chi connectivity index (χ2v) is 6.87. The molecule has 0 unspecified atom stereocenters. The molecule has 1 aliphatic rings. The maximum atomic E-state index is 12.7. The molecule has 0 radical (unpaired) electrons. The van der Waals surface area contributed by atoms with Crippen LogP contribution in [-0.4, -0.2) is 32.8 Å². The highest BCUT2D eigenvalue weighted by Crippen LogP contribution is 2.31. The molecule has 1 aliphatic carbocycles. The number of methoxy groups -OCH3 is 1. The Kier molecular flexibility index (Phi) is 4.36. The first-order valence-electron chi connectivity index (χ1n) is 9.02. The summed E-state index contributed by atoms with van der Waals surface area (Å²) in [5.74, 6) is 1.41. The molecule has 3 aromatic rings. The van der Waals surface area contributed by atoms with Crippen LogP contribution in [0.2, 0.25) is 0 Å². The molecule has 4 rings (SSSR count). The molecule has 1 fully saturated rings. The van der Waals surface area contributed by atoms with Gasteiger partial charge in [-0.1, -0.05) is 12.8 Å². The Labute approximate surface area is 151 Å². The third-order valence-electron chi connectivity index (χ3n) is 5.13. The predicted molar refractivity (Wildman–Crippen MR) is 98.3 cm³/mol. The molecule has 136 valence electrons. The smallest absolute Gasteiger partial charge is 0.268 e. The highest BCUT2D eigenvalue weighted by Gasteiger charge is 2.24. The SMILES string of the molecule is COc1ccc2[nH]c(C(=O)N[C@@H](C)c3nncn3C3CCCC3)cc2c1. The molecule has 7 nitrogen and oxygen atoms in total. The number of H-pyrrole nitrogens is 1. The average molecular weight is 353 g/mol. The Hall–Kier alpha value is -2.83. The fourth-order valence-corrected chi connectivity index (χ4v) is 3.72. The van der Waals surface area contributed by atoms with E-state index in [9.17, 15) is 4.79 Å². The van der Waals surface area contributed by atoms with Crippen LogP contribution in [0.4, 0.5) is 0 Å². The summed E-state index contributed by atoms with van der Waals surface area (Å²) in [5, 5.41) is 12.3. The van der Waals surface area contributed by atoms with Gasteiger partial charge in [0.05, 0.1) is 13.2 Å². The third-order valence-corrected chi connectivity index (χ3v) is 5.13. The number of amides is 1. The molecule has 0 bridgehead atoms. The summed E-state index contributed by atoms with van der Waals surface area (Å²) in [4.78, 5) is 15.8. The number of rotatable bonds is 5. The zero-order chi connectivity index (χ0) is 18.1. The number of hydrogen-bond acceptors (Lipinski definition) is 4. The van der Waals surface area contributed by atoms with E-state index in [4.69, 9.17) is 4.74 Å². The maximum Gasteiger partial charge on any atom is 0.268 e. The third kappa shape index (κ3) is 3.05. The number of carbonyl (C=O) groups is 1. The Morgan fingerprint density at radius 2 is 2.15 bits per heavy atom. The Bertz CT molecular complexity index is 923. The van der Waals surface area contributed by atoms with Crippen molar-refractivity contribution in [2.45, 2.75) is 44.7 Å². The average Bonchev–Trinajstić information content (AvgIpc) is 3.39. The van der Waals surface area contributed by atoms with E-state index >= 15 is 0 Å². The lowest BCUT2D eigenvalue weighted by Crippen LogP contribution is -2.29. The lowest BCUT2D eigenvalue weighted by atomic mass is 10.2. The molecule has 0 spiro atoms. The van der Waals surface area contributed by atoms with Crippen LogP contribution in [0, 0.1) is 0 Å². The number of aromatic amines is 1. The van der Waals surface area contributed by atoms with Crippen molar-refractivity contribution in [3.8, 4) is 5.75 Å². The molecule has 2 N–H and O–H groups in total. The van der Waals surface area contributed by atoms with Crippen molar-refractivity contribution in [1.82, 2.24) is 25.1 Å². The highest BCUT2D eigenvalue weighted by molar-refractivity contribution is 5.98. The molecule has 1 atom stereocenters. The van der Waals surface area contributed by atoms with Gasteiger partial charge in [0.25, 0.3) is 5.91 Å². The van der Waals surface area contributed by atoms with Crippen molar-refractivity contribution in [2.75, 3.05) is 7.11 Å². The Morgan fingerprint density at radius 1 is 1.35 bits per heavy atom. The molecular weight excluding hydrogens is 330 g/mol. The summed E-state index contributed by atoms with van der Waals surface area (Å²) >= 11 is 0. The van der Waals surface area contributed by atoms with E-state index in [1.165, 1.54) is 12.8 Å². The van der Waals surface area contributed by atoms with Crippen LogP contribution < -0.4 is 10.1 Å². The number of benzene rings is 1. The Morgan fingerprint density at radius 3 is 2.92 bits per heavy atom. The number of carbonyl (C=O) groups excluding carboxylic acids is 1. The summed E-state index contributed by atoms with van der Waals surface area (Å²) in [6, 6.07) is 7.74. The standard InChI is InChI=1S/C19H23N5O2/c1-12(18-23-20-11-24(18)14-5-3-4-6-14)21-19(25)17-10-13-9-15(26-2)7-8-16(13)22-17/h7-12,14,22H,3-6H2,1-2H3,(H,21,25)/t12-/m0/s1. The van der Waals surface area contributed by atoms with Gasteiger partial charge in [0.15, 0.2) is 5.82 Å². The van der Waals surface area contributed by atoms with Gasteiger partial charge < -0.3 is 19.6 Å². The number of aromatic nitrogens is 4. The molecule has 1 amide bonds. The number of fused-ring (bicyclic) bond motifs is 1. The van der Waals surface area contributed by atoms with Crippen LogP contribution in [0.15, 0.2) is 30.6 Å². The van der Waals surface area contributed by atoms with E-state index < -0.39 is 0 Å². The lowest BCUT2D eigenvalue weighted by Gasteiger charge is -2.18. The fraction of sp³-hybridized carbons (Fsp3) is 0.421. The molecule has 1 saturated carbocycles. The van der Waals surface area contributed by atoms with E-state index in [0.717, 1.165) is 35.3 Å². The van der Waals surface area contributed by atoms with Gasteiger partial charge in [-0.05, 0) is 44.0 Å². The van der Waals surface area contributed by atoms with Gasteiger partial charge in [-0.25, -0.2) is 0 Å². The molecular formula is C19H23N5O2. The number of hydrogen-bond donors (Lipinski definition) is 2. The van der Waals surface area contributed by atoms with Gasteiger partial charge in [-0.15, -0.1) is 10.2 Å². The predicted octanol–water partition coefficient (Wildman–Crippen LogP) is 3.37. The molecule has 0 saturated heterocycles. The summed E-state index contributed by atoms with van der Waals surface area (Å²) in [6.07, 6.45) is 6.55. The van der Waals surface area contributed by atoms with E-state index in [2.05, 4.69) is 25.1 Å². The number of nitrogens with one attached hydrogen (secondary N) is 2. The summed E-state index contributed by atoms with van der Waals surface area (Å²) in [5.41, 5.74) is 1.42. The van der Waals surface area contributed by atoms with Crippen molar-refractivity contribution in [2.24, 2.45) is 0 Å². The van der Waals surface area contributed by atoms with Gasteiger partial charge in [-0.2, -0.15) is 0 Å². The van der Waals surface area contributed by atoms with Crippen molar-refractivity contribution in [1.29, 1.82) is 0 Å². The Balaban J connectivity index is 1.52. The minimum absolute atomic E-state index is 0.159. The van der Waals surface area contributed by atoms with Crippen molar-refractivity contribution in [3.05, 3.63) is 42.1 Å². The first kappa shape index (κ1) is 16.6. The maximum absolute atomic E-state index is 12.7. The highest BCUT2D eigenvalue weighted by atomic mass is 16.5. The number of nitrogens with zero attached hydrogens (tertiary/aromatic N) is 3. The van der Waals surface area contributed by atoms with E-state index in [1.54, 1.807) is 13.4 Å². The zero-order valence-corrected chi connectivity index (χ0v) is 15.0. The van der Waals surface area contributed by atoms with Crippen molar-refractivity contribution < 1.29 is 9.53 Å². The molecule has 7 heteroatoms. The van der Waals surface area contributed by atoms with Gasteiger partial charge in [-0.3, -0.25) is 4.79 Å². The van der Waals surface area contributed by atoms with E-state index in [1.807, 2.05) is 31.2 Å². The topological polar surface area (TPSA) is 84.8 Å². The second-order valence-electron chi connectivity index (χ2n) is 6.87. The van der Waals surface area contributed by atoms with E-state index in [-0.39, 0.29) is 11.9 Å². The first-order chi connectivity index (χ1) is 12.7. The molecule has 2 aromatic heterocycles. The largest absolute Gasteiger partial charge is 0.497 e. The number of ether oxygens (including phenoxy) is 1. The minimum atomic E-state index is -0.216. The molecule has 0 aliphatic heterocycles. The summed E-state index contributed by atoms with van der Waals surface area (Å²) in [7, 11) is 1.63. The van der Waals surface area contributed by atoms with Crippen LogP contribution in [0.25, 0.3) is 10.9 Å². The molecule has 26 heavy (non-hydrogen) atoms. The zero-order valence-electron chi connectivity index (χ0n) is 15.0. The van der Waals surface area contributed by atoms with Crippen molar-refractivity contribution in [3.63, 3.8) is 0 Å². The van der Waals surface area contributed by atoms with Gasteiger partial charge >= 0.3 is 0 Å². The quantitative estimate of drug-likeness (QED) is 0.736. The van der Waals surface area contributed by atoms with Gasteiger partial charge in [0.1, 0.15) is 17.8 Å². The lowest BCUT2D eigenvalue weighted by molar-refractivity contribution is 0.0933. The summed E-state index contributed by atoms with van der Waals surface area (Å²) < 4.78 is 7.35. The second kappa shape index (κ2) is 6.82. The van der Waals surface area contributed by atoms with Crippen molar-refractivity contribution >= 4 is 16.8 Å². The summed E-state index contributed by atoms with van der Waals surface area (Å²) in [6.45, 7) is 1.94. The normalized spacial score (nSPS) is 16.1. The van der Waals surface area contributed by atoms with Crippen LogP contribution >= 0.6 is 0 Å². The molecule has 1 aromatic carbocycles. The monoisotopic (exact) mass is 353 g/mol. The van der Waals surface area contributed by atoms with Crippen LogP contribution in [0.1, 0.15) is 61.0 Å². The van der Waals surface area contributed by atoms with Crippen LogP contribution in [0.3, 0.4) is 0 Å². The minimum Gasteiger partial charge on any atom is -0.497 e. The first-order valence-corrected chi connectivity index (χ1v) is 9.02. The fourth-order valence-electron chi connectivity index (χ4n) is 3.72.